The van der Waals surface area contributed by atoms with Crippen LogP contribution in [0.5, 0.6) is 0 Å². The second-order valence-corrected chi connectivity index (χ2v) is 5.74. The fourth-order valence-corrected chi connectivity index (χ4v) is 2.88. The van der Waals surface area contributed by atoms with E-state index in [0.29, 0.717) is 31.3 Å². The molecule has 3 rings (SSSR count). The molecule has 1 unspecified atom stereocenters. The number of carbonyl (C=O) groups excluding carboxylic acids is 1. The molecular formula is C15H22N6O2. The molecule has 1 atom stereocenters. The molecule has 0 bridgehead atoms. The number of hydrogen-bond acceptors (Lipinski definition) is 6. The summed E-state index contributed by atoms with van der Waals surface area (Å²) in [6.45, 7) is 7.52. The minimum atomic E-state index is -0.212. The molecule has 2 aromatic heterocycles. The Morgan fingerprint density at radius 2 is 2.13 bits per heavy atom. The van der Waals surface area contributed by atoms with Gasteiger partial charge >= 0.3 is 0 Å². The predicted molar refractivity (Wildman–Crippen MR) is 82.4 cm³/mol. The van der Waals surface area contributed by atoms with Crippen molar-refractivity contribution in [2.75, 3.05) is 26.2 Å². The second-order valence-electron chi connectivity index (χ2n) is 5.74. The standard InChI is InChI=1S/C15H22N6O2/c1-3-13(21-6-4-5-16-21)15(22)20-9-7-19(8-10-20)11-14-17-12(2)23-18-14/h4-6,13H,3,7-11H2,1-2H3. The van der Waals surface area contributed by atoms with Crippen LogP contribution in [-0.2, 0) is 11.3 Å². The van der Waals surface area contributed by atoms with Gasteiger partial charge in [-0.05, 0) is 12.5 Å². The van der Waals surface area contributed by atoms with Gasteiger partial charge in [-0.25, -0.2) is 0 Å². The third-order valence-electron chi connectivity index (χ3n) is 4.13. The lowest BCUT2D eigenvalue weighted by Crippen LogP contribution is -2.50. The van der Waals surface area contributed by atoms with Gasteiger partial charge in [0.15, 0.2) is 5.82 Å². The highest BCUT2D eigenvalue weighted by molar-refractivity contribution is 5.80. The normalized spacial score (nSPS) is 17.4. The van der Waals surface area contributed by atoms with Crippen LogP contribution in [0, 0.1) is 6.92 Å². The molecule has 2 aromatic rings. The molecule has 0 aromatic carbocycles. The molecule has 0 spiro atoms. The molecule has 0 radical (unpaired) electrons. The van der Waals surface area contributed by atoms with E-state index < -0.39 is 0 Å². The Kier molecular flexibility index (Phi) is 4.71. The summed E-state index contributed by atoms with van der Waals surface area (Å²) in [5.74, 6) is 1.43. The summed E-state index contributed by atoms with van der Waals surface area (Å²) in [5, 5.41) is 8.13. The first-order chi connectivity index (χ1) is 11.2. The fraction of sp³-hybridized carbons (Fsp3) is 0.600. The van der Waals surface area contributed by atoms with E-state index in [1.165, 1.54) is 0 Å². The van der Waals surface area contributed by atoms with E-state index in [1.54, 1.807) is 17.8 Å². The van der Waals surface area contributed by atoms with Gasteiger partial charge in [0.2, 0.25) is 11.8 Å². The highest BCUT2D eigenvalue weighted by atomic mass is 16.5. The third-order valence-corrected chi connectivity index (χ3v) is 4.13. The van der Waals surface area contributed by atoms with Gasteiger partial charge in [0.1, 0.15) is 6.04 Å². The average Bonchev–Trinajstić information content (AvgIpc) is 3.21. The summed E-state index contributed by atoms with van der Waals surface area (Å²) < 4.78 is 6.74. The zero-order valence-electron chi connectivity index (χ0n) is 13.6. The van der Waals surface area contributed by atoms with Crippen molar-refractivity contribution in [2.45, 2.75) is 32.9 Å². The summed E-state index contributed by atoms with van der Waals surface area (Å²) in [6.07, 6.45) is 4.30. The maximum absolute atomic E-state index is 12.7. The maximum Gasteiger partial charge on any atom is 0.247 e. The van der Waals surface area contributed by atoms with Crippen molar-refractivity contribution < 1.29 is 9.32 Å². The van der Waals surface area contributed by atoms with Gasteiger partial charge in [-0.1, -0.05) is 12.1 Å². The number of carbonyl (C=O) groups is 1. The molecule has 1 fully saturated rings. The van der Waals surface area contributed by atoms with Gasteiger partial charge in [-0.15, -0.1) is 0 Å². The molecule has 8 nitrogen and oxygen atoms in total. The molecule has 1 saturated heterocycles. The first-order valence-corrected chi connectivity index (χ1v) is 7.97. The molecule has 0 N–H and O–H groups in total. The first-order valence-electron chi connectivity index (χ1n) is 7.97. The lowest BCUT2D eigenvalue weighted by molar-refractivity contribution is -0.137. The van der Waals surface area contributed by atoms with E-state index in [2.05, 4.69) is 20.1 Å². The van der Waals surface area contributed by atoms with Crippen LogP contribution >= 0.6 is 0 Å². The summed E-state index contributed by atoms with van der Waals surface area (Å²) in [5.41, 5.74) is 0. The largest absolute Gasteiger partial charge is 0.340 e. The molecule has 1 aliphatic heterocycles. The van der Waals surface area contributed by atoms with Crippen LogP contribution in [0.4, 0.5) is 0 Å². The van der Waals surface area contributed by atoms with Crippen molar-refractivity contribution in [3.63, 3.8) is 0 Å². The Morgan fingerprint density at radius 1 is 1.35 bits per heavy atom. The molecule has 124 valence electrons. The number of piperazine rings is 1. The third kappa shape index (κ3) is 3.58. The van der Waals surface area contributed by atoms with Crippen molar-refractivity contribution in [3.05, 3.63) is 30.2 Å². The number of rotatable bonds is 5. The number of aromatic nitrogens is 4. The van der Waals surface area contributed by atoms with E-state index in [1.807, 2.05) is 24.1 Å². The van der Waals surface area contributed by atoms with Crippen LogP contribution in [0.15, 0.2) is 23.0 Å². The number of amides is 1. The van der Waals surface area contributed by atoms with E-state index in [0.717, 1.165) is 19.5 Å². The summed E-state index contributed by atoms with van der Waals surface area (Å²) in [4.78, 5) is 21.1. The molecule has 8 heteroatoms. The number of aryl methyl sites for hydroxylation is 1. The summed E-state index contributed by atoms with van der Waals surface area (Å²) in [7, 11) is 0. The molecular weight excluding hydrogens is 296 g/mol. The van der Waals surface area contributed by atoms with Gasteiger partial charge < -0.3 is 9.42 Å². The van der Waals surface area contributed by atoms with Gasteiger partial charge in [-0.3, -0.25) is 14.4 Å². The molecule has 3 heterocycles. The lowest BCUT2D eigenvalue weighted by atomic mass is 10.2. The highest BCUT2D eigenvalue weighted by Gasteiger charge is 2.28. The van der Waals surface area contributed by atoms with E-state index in [4.69, 9.17) is 4.52 Å². The number of hydrogen-bond donors (Lipinski definition) is 0. The monoisotopic (exact) mass is 318 g/mol. The van der Waals surface area contributed by atoms with E-state index >= 15 is 0 Å². The van der Waals surface area contributed by atoms with Crippen molar-refractivity contribution in [1.29, 1.82) is 0 Å². The van der Waals surface area contributed by atoms with Crippen molar-refractivity contribution >= 4 is 5.91 Å². The highest BCUT2D eigenvalue weighted by Crippen LogP contribution is 2.16. The topological polar surface area (TPSA) is 80.3 Å². The Morgan fingerprint density at radius 3 is 2.70 bits per heavy atom. The Balaban J connectivity index is 1.54. The molecule has 23 heavy (non-hydrogen) atoms. The maximum atomic E-state index is 12.7. The van der Waals surface area contributed by atoms with Gasteiger partial charge in [0.05, 0.1) is 6.54 Å². The Bertz CT molecular complexity index is 630. The van der Waals surface area contributed by atoms with Crippen molar-refractivity contribution in [3.8, 4) is 0 Å². The van der Waals surface area contributed by atoms with E-state index in [9.17, 15) is 4.79 Å². The minimum absolute atomic E-state index is 0.145. The quantitative estimate of drug-likeness (QED) is 0.814. The molecule has 0 aliphatic carbocycles. The first kappa shape index (κ1) is 15.7. The van der Waals surface area contributed by atoms with Crippen LogP contribution in [0.25, 0.3) is 0 Å². The van der Waals surface area contributed by atoms with E-state index in [-0.39, 0.29) is 11.9 Å². The van der Waals surface area contributed by atoms with Crippen LogP contribution in [0.1, 0.15) is 31.1 Å². The predicted octanol–water partition coefficient (Wildman–Crippen LogP) is 0.870. The van der Waals surface area contributed by atoms with Crippen LogP contribution in [0.3, 0.4) is 0 Å². The van der Waals surface area contributed by atoms with Crippen LogP contribution < -0.4 is 0 Å². The van der Waals surface area contributed by atoms with Crippen molar-refractivity contribution in [1.82, 2.24) is 29.7 Å². The zero-order chi connectivity index (χ0) is 16.2. The Hall–Kier alpha value is -2.22. The average molecular weight is 318 g/mol. The van der Waals surface area contributed by atoms with Gasteiger partial charge in [0.25, 0.3) is 0 Å². The van der Waals surface area contributed by atoms with Crippen LogP contribution in [-0.4, -0.2) is 61.8 Å². The fourth-order valence-electron chi connectivity index (χ4n) is 2.88. The SMILES string of the molecule is CCC(C(=O)N1CCN(Cc2noc(C)n2)CC1)n1cccn1. The van der Waals surface area contributed by atoms with Crippen molar-refractivity contribution in [2.24, 2.45) is 0 Å². The smallest absolute Gasteiger partial charge is 0.247 e. The zero-order valence-corrected chi connectivity index (χ0v) is 13.6. The van der Waals surface area contributed by atoms with Gasteiger partial charge in [-0.2, -0.15) is 10.1 Å². The Labute approximate surface area is 135 Å². The molecule has 1 amide bonds. The van der Waals surface area contributed by atoms with Gasteiger partial charge in [0, 0.05) is 45.5 Å². The second kappa shape index (κ2) is 6.91. The van der Waals surface area contributed by atoms with Crippen LogP contribution in [0.2, 0.25) is 0 Å². The lowest BCUT2D eigenvalue weighted by Gasteiger charge is -2.35. The molecule has 1 aliphatic rings. The summed E-state index contributed by atoms with van der Waals surface area (Å²) in [6, 6.07) is 1.64. The number of nitrogens with zero attached hydrogens (tertiary/aromatic N) is 6. The molecule has 0 saturated carbocycles. The summed E-state index contributed by atoms with van der Waals surface area (Å²) >= 11 is 0. The minimum Gasteiger partial charge on any atom is -0.340 e.